The number of carbonyl (C=O) groups excluding carboxylic acids is 3. The number of benzene rings is 3. The standard InChI is InChI=1S/2C26H27N5O.C19H18N2O2.C8H13N3/c2*1-4-21-7-6-19-12-18(5-8-24(19)31-21)13-22-14-20(9-10-28-22)26(32)29-15-23-16(2)11-25(27)30-17(23)3;1-3-16-6-5-14-10-13(4-7-18(14)21-16)11-17-12-15(8-9-20-17)19(22)23-2;1-5-3-8(10)11-6(2)7(5)4-9/h2*5-12,14H,4,13,15H2,1-3H3,(H2,27,30)(H,29,32);4-10,12H,3,11H2,1-2H3;3H,4,9H2,1-2H3,(H2,10,11). The molecule has 12 aromatic rings. The van der Waals surface area contributed by atoms with Gasteiger partial charge in [0, 0.05) is 136 Å². The van der Waals surface area contributed by atoms with E-state index in [1.165, 1.54) is 7.11 Å². The minimum Gasteiger partial charge on any atom is -0.465 e. The molecule has 0 bridgehead atoms. The largest absolute Gasteiger partial charge is 0.465 e. The lowest BCUT2D eigenvalue weighted by Gasteiger charge is -2.12. The number of amides is 2. The van der Waals surface area contributed by atoms with Gasteiger partial charge in [0.05, 0.1) is 29.2 Å². The quantitative estimate of drug-likeness (QED) is 0.0462. The van der Waals surface area contributed by atoms with Crippen LogP contribution in [0.2, 0.25) is 0 Å². The number of nitrogens with two attached hydrogens (primary N) is 4. The van der Waals surface area contributed by atoms with Crippen LogP contribution in [0.15, 0.2) is 164 Å². The van der Waals surface area contributed by atoms with Crippen LogP contribution in [0.1, 0.15) is 153 Å². The van der Waals surface area contributed by atoms with E-state index in [1.807, 2.05) is 90.1 Å². The number of nitrogen functional groups attached to an aromatic ring is 3. The van der Waals surface area contributed by atoms with Crippen LogP contribution in [-0.2, 0) is 62.9 Å². The van der Waals surface area contributed by atoms with Gasteiger partial charge in [-0.15, -0.1) is 0 Å². The summed E-state index contributed by atoms with van der Waals surface area (Å²) in [6.45, 7) is 19.3. The number of hydrogen-bond donors (Lipinski definition) is 6. The number of esters is 1. The Morgan fingerprint density at radius 3 is 1.03 bits per heavy atom. The van der Waals surface area contributed by atoms with Crippen molar-refractivity contribution in [3.8, 4) is 0 Å². The molecule has 0 radical (unpaired) electrons. The molecule has 500 valence electrons. The normalized spacial score (nSPS) is 10.8. The van der Waals surface area contributed by atoms with Gasteiger partial charge in [0.25, 0.3) is 11.8 Å². The van der Waals surface area contributed by atoms with E-state index in [9.17, 15) is 14.4 Å². The van der Waals surface area contributed by atoms with Gasteiger partial charge in [-0.05, 0) is 220 Å². The van der Waals surface area contributed by atoms with Crippen molar-refractivity contribution >= 4 is 67.9 Å². The molecule has 0 saturated heterocycles. The summed E-state index contributed by atoms with van der Waals surface area (Å²) in [6.07, 6.45) is 9.73. The second kappa shape index (κ2) is 33.3. The minimum atomic E-state index is -0.344. The SMILES string of the molecule is CCc1ccc2cc(Cc3cc(C(=O)NCc4c(C)cc(N)nc4C)ccn3)ccc2n1.CCc1ccc2cc(Cc3cc(C(=O)NCc4c(C)cc(N)nc4C)ccn3)ccc2n1.CCc1ccc2cc(Cc3cc(C(=O)OC)ccn3)ccc2n1.Cc1cc(N)nc(C)c1CN. The lowest BCUT2D eigenvalue weighted by molar-refractivity contribution is 0.0600. The molecule has 0 fully saturated rings. The fraction of sp³-hybridized carbons (Fsp3) is 0.241. The van der Waals surface area contributed by atoms with Gasteiger partial charge >= 0.3 is 5.97 Å². The van der Waals surface area contributed by atoms with Crippen molar-refractivity contribution in [3.05, 3.63) is 282 Å². The number of methoxy groups -OCH3 is 1. The van der Waals surface area contributed by atoms with Gasteiger partial charge < -0.3 is 38.3 Å². The third-order valence-corrected chi connectivity index (χ3v) is 16.8. The fourth-order valence-electron chi connectivity index (χ4n) is 11.5. The molecular weight excluding hydrogens is 1220 g/mol. The molecule has 3 aromatic carbocycles. The first-order valence-electron chi connectivity index (χ1n) is 32.7. The average Bonchev–Trinajstić information content (AvgIpc) is 0.852. The minimum absolute atomic E-state index is 0.140. The average molecular weight is 1310 g/mol. The summed E-state index contributed by atoms with van der Waals surface area (Å²) >= 11 is 0. The Hall–Kier alpha value is -11.4. The third-order valence-electron chi connectivity index (χ3n) is 16.8. The number of hydrogen-bond acceptors (Lipinski definition) is 17. The van der Waals surface area contributed by atoms with E-state index in [4.69, 9.17) is 27.7 Å². The molecule has 0 saturated carbocycles. The number of pyridine rings is 9. The van der Waals surface area contributed by atoms with Gasteiger partial charge in [0.2, 0.25) is 0 Å². The number of anilines is 3. The highest BCUT2D eigenvalue weighted by molar-refractivity contribution is 5.95. The highest BCUT2D eigenvalue weighted by Crippen LogP contribution is 2.23. The molecule has 12 rings (SSSR count). The van der Waals surface area contributed by atoms with E-state index in [0.29, 0.717) is 73.0 Å². The topological polar surface area (TPSA) is 305 Å². The summed E-state index contributed by atoms with van der Waals surface area (Å²) in [6, 6.07) is 47.3. The van der Waals surface area contributed by atoms with Crippen LogP contribution in [0.4, 0.5) is 17.5 Å². The molecule has 0 aliphatic rings. The predicted octanol–water partition coefficient (Wildman–Crippen LogP) is 12.9. The molecule has 0 spiro atoms. The van der Waals surface area contributed by atoms with Crippen molar-refractivity contribution in [1.82, 2.24) is 55.5 Å². The molecule has 0 aliphatic carbocycles. The maximum atomic E-state index is 12.8. The van der Waals surface area contributed by atoms with Gasteiger partial charge in [-0.3, -0.25) is 39.5 Å². The fourth-order valence-corrected chi connectivity index (χ4v) is 11.5. The molecule has 19 nitrogen and oxygen atoms in total. The Balaban J connectivity index is 0.000000161. The number of rotatable bonds is 17. The molecule has 9 heterocycles. The van der Waals surface area contributed by atoms with Gasteiger partial charge in [-0.25, -0.2) is 19.7 Å². The van der Waals surface area contributed by atoms with Crippen LogP contribution in [-0.4, -0.2) is 69.7 Å². The Morgan fingerprint density at radius 1 is 0.388 bits per heavy atom. The molecule has 0 aliphatic heterocycles. The number of nitrogens with zero attached hydrogens (tertiary/aromatic N) is 9. The molecule has 9 aromatic heterocycles. The molecule has 10 N–H and O–H groups in total. The number of nitrogens with one attached hydrogen (secondary N) is 2. The van der Waals surface area contributed by atoms with Crippen molar-refractivity contribution in [2.45, 2.75) is 120 Å². The Kier molecular flexibility index (Phi) is 24.1. The van der Waals surface area contributed by atoms with E-state index in [1.54, 1.807) is 42.9 Å². The zero-order valence-corrected chi connectivity index (χ0v) is 57.4. The summed E-state index contributed by atoms with van der Waals surface area (Å²) in [5.41, 5.74) is 45.3. The van der Waals surface area contributed by atoms with Crippen LogP contribution < -0.4 is 33.6 Å². The Morgan fingerprint density at radius 2 is 0.714 bits per heavy atom. The molecule has 0 atom stereocenters. The van der Waals surface area contributed by atoms with Crippen LogP contribution >= 0.6 is 0 Å². The third kappa shape index (κ3) is 18.9. The molecule has 19 heteroatoms. The van der Waals surface area contributed by atoms with Crippen molar-refractivity contribution in [1.29, 1.82) is 0 Å². The number of fused-ring (bicyclic) bond motifs is 3. The molecule has 0 unspecified atom stereocenters. The van der Waals surface area contributed by atoms with Crippen LogP contribution in [0.25, 0.3) is 32.7 Å². The predicted molar refractivity (Wildman–Crippen MR) is 390 cm³/mol. The zero-order chi connectivity index (χ0) is 70.0. The first-order valence-corrected chi connectivity index (χ1v) is 32.7. The first-order chi connectivity index (χ1) is 47.2. The molecule has 2 amide bonds. The van der Waals surface area contributed by atoms with Crippen LogP contribution in [0, 0.1) is 41.5 Å². The summed E-state index contributed by atoms with van der Waals surface area (Å²) in [7, 11) is 1.38. The monoisotopic (exact) mass is 1310 g/mol. The van der Waals surface area contributed by atoms with Gasteiger partial charge in [-0.1, -0.05) is 57.2 Å². The van der Waals surface area contributed by atoms with Gasteiger partial charge in [0.15, 0.2) is 0 Å². The highest BCUT2D eigenvalue weighted by Gasteiger charge is 2.15. The van der Waals surface area contributed by atoms with E-state index in [0.717, 1.165) is 153 Å². The van der Waals surface area contributed by atoms with E-state index in [-0.39, 0.29) is 17.8 Å². The number of aryl methyl sites for hydroxylation is 9. The van der Waals surface area contributed by atoms with E-state index in [2.05, 4.69) is 149 Å². The van der Waals surface area contributed by atoms with Gasteiger partial charge in [-0.2, -0.15) is 0 Å². The first kappa shape index (κ1) is 70.9. The zero-order valence-electron chi connectivity index (χ0n) is 57.4. The molecular formula is C79H85N15O4. The maximum absolute atomic E-state index is 12.8. The maximum Gasteiger partial charge on any atom is 0.337 e. The van der Waals surface area contributed by atoms with Crippen molar-refractivity contribution in [2.75, 3.05) is 24.3 Å². The van der Waals surface area contributed by atoms with E-state index < -0.39 is 0 Å². The summed E-state index contributed by atoms with van der Waals surface area (Å²) in [4.78, 5) is 77.0. The Bertz CT molecular complexity index is 4590. The van der Waals surface area contributed by atoms with Crippen molar-refractivity contribution in [3.63, 3.8) is 0 Å². The smallest absolute Gasteiger partial charge is 0.337 e. The highest BCUT2D eigenvalue weighted by atomic mass is 16.5. The van der Waals surface area contributed by atoms with Crippen molar-refractivity contribution < 1.29 is 19.1 Å². The summed E-state index contributed by atoms with van der Waals surface area (Å²) < 4.78 is 4.75. The van der Waals surface area contributed by atoms with Crippen LogP contribution in [0.5, 0.6) is 0 Å². The lowest BCUT2D eigenvalue weighted by atomic mass is 10.0. The summed E-state index contributed by atoms with van der Waals surface area (Å²) in [5, 5.41) is 9.30. The van der Waals surface area contributed by atoms with Gasteiger partial charge in [0.1, 0.15) is 17.5 Å². The second-order valence-corrected chi connectivity index (χ2v) is 24.0. The Labute approximate surface area is 572 Å². The lowest BCUT2D eigenvalue weighted by Crippen LogP contribution is -2.24. The number of aromatic nitrogens is 9. The van der Waals surface area contributed by atoms with Crippen LogP contribution in [0.3, 0.4) is 0 Å². The molecule has 98 heavy (non-hydrogen) atoms. The number of carbonyl (C=O) groups is 3. The number of ether oxygens (including phenoxy) is 1. The second-order valence-electron chi connectivity index (χ2n) is 24.0. The van der Waals surface area contributed by atoms with Crippen molar-refractivity contribution in [2.24, 2.45) is 5.73 Å². The van der Waals surface area contributed by atoms with E-state index >= 15 is 0 Å². The summed E-state index contributed by atoms with van der Waals surface area (Å²) in [5.74, 6) is 0.923.